The highest BCUT2D eigenvalue weighted by molar-refractivity contribution is 9.10. The second-order valence-electron chi connectivity index (χ2n) is 5.83. The van der Waals surface area contributed by atoms with Crippen molar-refractivity contribution in [3.05, 3.63) is 28.2 Å². The smallest absolute Gasteiger partial charge is 0.0461 e. The van der Waals surface area contributed by atoms with Gasteiger partial charge < -0.3 is 10.6 Å². The molecule has 0 aromatic heterocycles. The Bertz CT molecular complexity index is 412. The van der Waals surface area contributed by atoms with E-state index in [9.17, 15) is 0 Å². The van der Waals surface area contributed by atoms with Crippen molar-refractivity contribution >= 4 is 21.6 Å². The van der Waals surface area contributed by atoms with Crippen LogP contribution in [-0.2, 0) is 6.54 Å². The Balaban J connectivity index is 1.83. The minimum atomic E-state index is 0.762. The standard InChI is InChI=1S/C15H24BrN3/c1-12(2)10-18-5-7-19(8-6-18)11-13-3-4-14(16)15(17)9-13/h3-4,9,12H,5-8,10-11,17H2,1-2H3. The molecule has 1 aliphatic heterocycles. The summed E-state index contributed by atoms with van der Waals surface area (Å²) in [7, 11) is 0. The van der Waals surface area contributed by atoms with Gasteiger partial charge in [0.2, 0.25) is 0 Å². The van der Waals surface area contributed by atoms with Crippen LogP contribution < -0.4 is 5.73 Å². The maximum Gasteiger partial charge on any atom is 0.0461 e. The highest BCUT2D eigenvalue weighted by atomic mass is 79.9. The summed E-state index contributed by atoms with van der Waals surface area (Å²) in [6.45, 7) is 11.5. The summed E-state index contributed by atoms with van der Waals surface area (Å²) in [5.41, 5.74) is 8.06. The van der Waals surface area contributed by atoms with Crippen LogP contribution in [0.25, 0.3) is 0 Å². The van der Waals surface area contributed by atoms with Crippen molar-refractivity contribution in [2.75, 3.05) is 38.5 Å². The van der Waals surface area contributed by atoms with Gasteiger partial charge in [-0.2, -0.15) is 0 Å². The zero-order valence-corrected chi connectivity index (χ0v) is 13.5. The van der Waals surface area contributed by atoms with Crippen LogP contribution in [0.5, 0.6) is 0 Å². The van der Waals surface area contributed by atoms with Gasteiger partial charge in [0.25, 0.3) is 0 Å². The van der Waals surface area contributed by atoms with Gasteiger partial charge in [0.1, 0.15) is 0 Å². The number of piperazine rings is 1. The molecule has 4 heteroatoms. The van der Waals surface area contributed by atoms with Gasteiger partial charge in [0.15, 0.2) is 0 Å². The molecule has 0 radical (unpaired) electrons. The Morgan fingerprint density at radius 2 is 1.79 bits per heavy atom. The topological polar surface area (TPSA) is 32.5 Å². The van der Waals surface area contributed by atoms with Gasteiger partial charge in [0.05, 0.1) is 0 Å². The molecule has 1 aliphatic rings. The molecule has 1 aromatic carbocycles. The molecule has 0 amide bonds. The van der Waals surface area contributed by atoms with E-state index in [2.05, 4.69) is 51.7 Å². The maximum atomic E-state index is 5.93. The predicted octanol–water partition coefficient (Wildman–Crippen LogP) is 2.80. The van der Waals surface area contributed by atoms with E-state index in [-0.39, 0.29) is 0 Å². The summed E-state index contributed by atoms with van der Waals surface area (Å²) in [5.74, 6) is 0.762. The van der Waals surface area contributed by atoms with E-state index in [1.807, 2.05) is 6.07 Å². The summed E-state index contributed by atoms with van der Waals surface area (Å²) >= 11 is 3.44. The molecule has 0 saturated carbocycles. The fourth-order valence-electron chi connectivity index (χ4n) is 2.60. The van der Waals surface area contributed by atoms with Crippen molar-refractivity contribution in [1.82, 2.24) is 9.80 Å². The number of hydrogen-bond acceptors (Lipinski definition) is 3. The van der Waals surface area contributed by atoms with E-state index >= 15 is 0 Å². The second-order valence-corrected chi connectivity index (χ2v) is 6.68. The van der Waals surface area contributed by atoms with E-state index < -0.39 is 0 Å². The summed E-state index contributed by atoms with van der Waals surface area (Å²) in [6.07, 6.45) is 0. The number of hydrogen-bond donors (Lipinski definition) is 1. The molecule has 0 atom stereocenters. The Morgan fingerprint density at radius 3 is 2.37 bits per heavy atom. The monoisotopic (exact) mass is 325 g/mol. The summed E-state index contributed by atoms with van der Waals surface area (Å²) in [4.78, 5) is 5.08. The molecule has 2 N–H and O–H groups in total. The lowest BCUT2D eigenvalue weighted by Gasteiger charge is -2.35. The fraction of sp³-hybridized carbons (Fsp3) is 0.600. The predicted molar refractivity (Wildman–Crippen MR) is 85.1 cm³/mol. The molecular formula is C15H24BrN3. The molecule has 1 heterocycles. The van der Waals surface area contributed by atoms with Crippen LogP contribution >= 0.6 is 15.9 Å². The lowest BCUT2D eigenvalue weighted by molar-refractivity contribution is 0.117. The third-order valence-corrected chi connectivity index (χ3v) is 4.28. The van der Waals surface area contributed by atoms with Crippen LogP contribution in [0.1, 0.15) is 19.4 Å². The van der Waals surface area contributed by atoms with Gasteiger partial charge in [-0.1, -0.05) is 19.9 Å². The molecule has 0 spiro atoms. The number of halogens is 1. The van der Waals surface area contributed by atoms with Gasteiger partial charge in [-0.25, -0.2) is 0 Å². The third-order valence-electron chi connectivity index (χ3n) is 3.55. The van der Waals surface area contributed by atoms with Gasteiger partial charge in [-0.3, -0.25) is 4.90 Å². The van der Waals surface area contributed by atoms with Gasteiger partial charge in [-0.05, 0) is 39.5 Å². The van der Waals surface area contributed by atoms with Crippen molar-refractivity contribution < 1.29 is 0 Å². The molecule has 0 bridgehead atoms. The molecule has 19 heavy (non-hydrogen) atoms. The number of nitrogens with zero attached hydrogens (tertiary/aromatic N) is 2. The molecule has 0 unspecified atom stereocenters. The molecule has 1 fully saturated rings. The van der Waals surface area contributed by atoms with Crippen LogP contribution in [0, 0.1) is 5.92 Å². The summed E-state index contributed by atoms with van der Waals surface area (Å²) in [6, 6.07) is 6.27. The zero-order valence-electron chi connectivity index (χ0n) is 11.9. The van der Waals surface area contributed by atoms with E-state index in [1.54, 1.807) is 0 Å². The van der Waals surface area contributed by atoms with E-state index in [4.69, 9.17) is 5.73 Å². The SMILES string of the molecule is CC(C)CN1CCN(Cc2ccc(Br)c(N)c2)CC1. The Morgan fingerprint density at radius 1 is 1.16 bits per heavy atom. The molecule has 1 aromatic rings. The molecule has 1 saturated heterocycles. The van der Waals surface area contributed by atoms with Gasteiger partial charge in [0, 0.05) is 49.4 Å². The van der Waals surface area contributed by atoms with Crippen molar-refractivity contribution in [2.24, 2.45) is 5.92 Å². The number of anilines is 1. The quantitative estimate of drug-likeness (QED) is 0.864. The Kier molecular flexibility index (Phi) is 5.25. The highest BCUT2D eigenvalue weighted by Crippen LogP contribution is 2.21. The zero-order chi connectivity index (χ0) is 13.8. The number of nitrogens with two attached hydrogens (primary N) is 1. The van der Waals surface area contributed by atoms with Crippen LogP contribution in [0.4, 0.5) is 5.69 Å². The van der Waals surface area contributed by atoms with Crippen molar-refractivity contribution in [3.8, 4) is 0 Å². The Hall–Kier alpha value is -0.580. The average Bonchev–Trinajstić information content (AvgIpc) is 2.36. The molecule has 106 valence electrons. The highest BCUT2D eigenvalue weighted by Gasteiger charge is 2.17. The van der Waals surface area contributed by atoms with Crippen LogP contribution in [0.3, 0.4) is 0 Å². The van der Waals surface area contributed by atoms with Crippen LogP contribution in [0.15, 0.2) is 22.7 Å². The van der Waals surface area contributed by atoms with Crippen LogP contribution in [0.2, 0.25) is 0 Å². The first-order valence-corrected chi connectivity index (χ1v) is 7.82. The lowest BCUT2D eigenvalue weighted by atomic mass is 10.1. The fourth-order valence-corrected chi connectivity index (χ4v) is 2.84. The summed E-state index contributed by atoms with van der Waals surface area (Å²) < 4.78 is 0.984. The average molecular weight is 326 g/mol. The first-order valence-electron chi connectivity index (χ1n) is 7.03. The third kappa shape index (κ3) is 4.48. The van der Waals surface area contributed by atoms with E-state index in [1.165, 1.54) is 25.2 Å². The first kappa shape index (κ1) is 14.8. The first-order chi connectivity index (χ1) is 9.04. The largest absolute Gasteiger partial charge is 0.398 e. The minimum absolute atomic E-state index is 0.762. The maximum absolute atomic E-state index is 5.93. The van der Waals surface area contributed by atoms with Crippen molar-refractivity contribution in [1.29, 1.82) is 0 Å². The molecule has 2 rings (SSSR count). The van der Waals surface area contributed by atoms with E-state index in [0.29, 0.717) is 0 Å². The summed E-state index contributed by atoms with van der Waals surface area (Å²) in [5, 5.41) is 0. The lowest BCUT2D eigenvalue weighted by Crippen LogP contribution is -2.46. The minimum Gasteiger partial charge on any atom is -0.398 e. The number of nitrogen functional groups attached to an aromatic ring is 1. The molecule has 3 nitrogen and oxygen atoms in total. The van der Waals surface area contributed by atoms with E-state index in [0.717, 1.165) is 35.7 Å². The van der Waals surface area contributed by atoms with Gasteiger partial charge >= 0.3 is 0 Å². The number of rotatable bonds is 4. The van der Waals surface area contributed by atoms with Crippen LogP contribution in [-0.4, -0.2) is 42.5 Å². The number of benzene rings is 1. The van der Waals surface area contributed by atoms with Gasteiger partial charge in [-0.15, -0.1) is 0 Å². The molecular weight excluding hydrogens is 302 g/mol. The molecule has 0 aliphatic carbocycles. The van der Waals surface area contributed by atoms with Crippen molar-refractivity contribution in [2.45, 2.75) is 20.4 Å². The second kappa shape index (κ2) is 6.73. The normalized spacial score (nSPS) is 18.1. The Labute approximate surface area is 124 Å². The van der Waals surface area contributed by atoms with Crippen molar-refractivity contribution in [3.63, 3.8) is 0 Å².